The fourth-order valence-electron chi connectivity index (χ4n) is 1.59. The zero-order valence-corrected chi connectivity index (χ0v) is 10.6. The molecule has 0 bridgehead atoms. The first-order chi connectivity index (χ1) is 7.90. The number of hydrogen-bond acceptors (Lipinski definition) is 4. The minimum Gasteiger partial charge on any atom is -0.398 e. The summed E-state index contributed by atoms with van der Waals surface area (Å²) in [5, 5.41) is 9.19. The van der Waals surface area contributed by atoms with Crippen molar-refractivity contribution in [3.8, 4) is 0 Å². The van der Waals surface area contributed by atoms with Gasteiger partial charge in [-0.25, -0.2) is 13.1 Å². The summed E-state index contributed by atoms with van der Waals surface area (Å²) in [7, 11) is -3.80. The van der Waals surface area contributed by atoms with Crippen molar-refractivity contribution in [3.63, 3.8) is 0 Å². The maximum Gasteiger partial charge on any atom is 0.244 e. The number of rotatable bonds is 4. The quantitative estimate of drug-likeness (QED) is 0.707. The van der Waals surface area contributed by atoms with Gasteiger partial charge in [-0.1, -0.05) is 17.7 Å². The highest BCUT2D eigenvalue weighted by Gasteiger charge is 2.46. The standard InChI is InChI=1S/C10H13ClN2O3S/c11-7-2-1-3-8(12)9(7)17(15,16)13-10(6-14)4-5-10/h1-3,13-14H,4-6,12H2. The number of aliphatic hydroxyl groups excluding tert-OH is 1. The molecule has 0 unspecified atom stereocenters. The molecule has 1 aromatic carbocycles. The zero-order chi connectivity index (χ0) is 12.7. The summed E-state index contributed by atoms with van der Waals surface area (Å²) in [6.07, 6.45) is 1.24. The Morgan fingerprint density at radius 2 is 2.12 bits per heavy atom. The summed E-state index contributed by atoms with van der Waals surface area (Å²) in [5.74, 6) is 0. The van der Waals surface area contributed by atoms with Crippen molar-refractivity contribution in [2.75, 3.05) is 12.3 Å². The van der Waals surface area contributed by atoms with E-state index in [9.17, 15) is 8.42 Å². The van der Waals surface area contributed by atoms with E-state index in [-0.39, 0.29) is 22.2 Å². The number of nitrogens with two attached hydrogens (primary N) is 1. The second-order valence-corrected chi connectivity index (χ2v) is 6.23. The monoisotopic (exact) mass is 276 g/mol. The molecule has 0 radical (unpaired) electrons. The molecule has 0 spiro atoms. The third-order valence-corrected chi connectivity index (χ3v) is 4.90. The number of nitrogens with one attached hydrogen (secondary N) is 1. The highest BCUT2D eigenvalue weighted by Crippen LogP contribution is 2.37. The van der Waals surface area contributed by atoms with E-state index in [0.717, 1.165) is 0 Å². The molecule has 0 heterocycles. The summed E-state index contributed by atoms with van der Waals surface area (Å²) >= 11 is 5.84. The molecular weight excluding hydrogens is 264 g/mol. The third kappa shape index (κ3) is 2.40. The molecule has 1 saturated carbocycles. The van der Waals surface area contributed by atoms with Gasteiger partial charge in [0.1, 0.15) is 4.90 Å². The van der Waals surface area contributed by atoms with E-state index in [1.165, 1.54) is 12.1 Å². The number of anilines is 1. The number of aliphatic hydroxyl groups is 1. The van der Waals surface area contributed by atoms with Crippen LogP contribution in [0.4, 0.5) is 5.69 Å². The average molecular weight is 277 g/mol. The predicted molar refractivity (Wildman–Crippen MR) is 65.2 cm³/mol. The minimum atomic E-state index is -3.80. The van der Waals surface area contributed by atoms with Crippen molar-refractivity contribution in [1.29, 1.82) is 0 Å². The first-order valence-corrected chi connectivity index (χ1v) is 6.95. The Morgan fingerprint density at radius 3 is 2.59 bits per heavy atom. The van der Waals surface area contributed by atoms with Crippen LogP contribution in [0.25, 0.3) is 0 Å². The van der Waals surface area contributed by atoms with Gasteiger partial charge in [-0.05, 0) is 25.0 Å². The Morgan fingerprint density at radius 1 is 1.47 bits per heavy atom. The number of sulfonamides is 1. The van der Waals surface area contributed by atoms with E-state index >= 15 is 0 Å². The molecule has 1 fully saturated rings. The number of halogens is 1. The van der Waals surface area contributed by atoms with Crippen LogP contribution in [0.15, 0.2) is 23.1 Å². The van der Waals surface area contributed by atoms with E-state index in [1.54, 1.807) is 6.07 Å². The molecule has 0 aliphatic heterocycles. The van der Waals surface area contributed by atoms with Crippen molar-refractivity contribution in [1.82, 2.24) is 4.72 Å². The smallest absolute Gasteiger partial charge is 0.244 e. The lowest BCUT2D eigenvalue weighted by Gasteiger charge is -2.16. The van der Waals surface area contributed by atoms with Gasteiger partial charge in [-0.3, -0.25) is 0 Å². The Kier molecular flexibility index (Phi) is 3.07. The zero-order valence-electron chi connectivity index (χ0n) is 8.98. The fourth-order valence-corrected chi connectivity index (χ4v) is 3.72. The first kappa shape index (κ1) is 12.6. The van der Waals surface area contributed by atoms with Gasteiger partial charge in [0, 0.05) is 0 Å². The van der Waals surface area contributed by atoms with Crippen LogP contribution in [-0.2, 0) is 10.0 Å². The molecule has 17 heavy (non-hydrogen) atoms. The first-order valence-electron chi connectivity index (χ1n) is 5.09. The highest BCUT2D eigenvalue weighted by atomic mass is 35.5. The lowest BCUT2D eigenvalue weighted by Crippen LogP contribution is -2.39. The minimum absolute atomic E-state index is 0.0752. The van der Waals surface area contributed by atoms with E-state index in [0.29, 0.717) is 12.8 Å². The number of benzene rings is 1. The van der Waals surface area contributed by atoms with Crippen LogP contribution in [0.5, 0.6) is 0 Å². The summed E-state index contributed by atoms with van der Waals surface area (Å²) in [4.78, 5) is -0.124. The van der Waals surface area contributed by atoms with Crippen LogP contribution in [-0.4, -0.2) is 25.7 Å². The van der Waals surface area contributed by atoms with Crippen molar-refractivity contribution in [2.45, 2.75) is 23.3 Å². The summed E-state index contributed by atoms with van der Waals surface area (Å²) < 4.78 is 26.7. The maximum absolute atomic E-state index is 12.1. The van der Waals surface area contributed by atoms with Crippen LogP contribution in [0.2, 0.25) is 5.02 Å². The van der Waals surface area contributed by atoms with Gasteiger partial charge >= 0.3 is 0 Å². The van der Waals surface area contributed by atoms with Crippen LogP contribution in [0.1, 0.15) is 12.8 Å². The molecule has 0 saturated heterocycles. The van der Waals surface area contributed by atoms with E-state index in [4.69, 9.17) is 22.4 Å². The Bertz CT molecular complexity index is 520. The van der Waals surface area contributed by atoms with Crippen molar-refractivity contribution >= 4 is 27.3 Å². The summed E-state index contributed by atoms with van der Waals surface area (Å²) in [5.41, 5.74) is 4.99. The van der Waals surface area contributed by atoms with Crippen molar-refractivity contribution in [2.24, 2.45) is 0 Å². The highest BCUT2D eigenvalue weighted by molar-refractivity contribution is 7.89. The van der Waals surface area contributed by atoms with Crippen LogP contribution < -0.4 is 10.5 Å². The van der Waals surface area contributed by atoms with Gasteiger partial charge in [-0.15, -0.1) is 0 Å². The Hall–Kier alpha value is -0.820. The number of hydrogen-bond donors (Lipinski definition) is 3. The second-order valence-electron chi connectivity index (χ2n) is 4.20. The topological polar surface area (TPSA) is 92.4 Å². The SMILES string of the molecule is Nc1cccc(Cl)c1S(=O)(=O)NC1(CO)CC1. The molecule has 1 aliphatic carbocycles. The molecule has 4 N–H and O–H groups in total. The van der Waals surface area contributed by atoms with Crippen molar-refractivity contribution < 1.29 is 13.5 Å². The molecule has 0 aromatic heterocycles. The van der Waals surface area contributed by atoms with Gasteiger partial charge < -0.3 is 10.8 Å². The molecule has 94 valence electrons. The number of nitrogen functional groups attached to an aromatic ring is 1. The van der Waals surface area contributed by atoms with Gasteiger partial charge in [0.15, 0.2) is 0 Å². The molecule has 0 atom stereocenters. The van der Waals surface area contributed by atoms with Gasteiger partial charge in [0.05, 0.1) is 22.9 Å². The lowest BCUT2D eigenvalue weighted by atomic mass is 10.3. The van der Waals surface area contributed by atoms with E-state index in [1.807, 2.05) is 0 Å². The lowest BCUT2D eigenvalue weighted by molar-refractivity contribution is 0.246. The van der Waals surface area contributed by atoms with Crippen LogP contribution in [0, 0.1) is 0 Å². The fraction of sp³-hybridized carbons (Fsp3) is 0.400. The molecule has 1 aliphatic rings. The summed E-state index contributed by atoms with van der Waals surface area (Å²) in [6, 6.07) is 4.51. The van der Waals surface area contributed by atoms with Gasteiger partial charge in [-0.2, -0.15) is 0 Å². The average Bonchev–Trinajstić information content (AvgIpc) is 2.97. The maximum atomic E-state index is 12.1. The van der Waals surface area contributed by atoms with E-state index in [2.05, 4.69) is 4.72 Å². The molecule has 7 heteroatoms. The third-order valence-electron chi connectivity index (χ3n) is 2.77. The van der Waals surface area contributed by atoms with Crippen LogP contribution in [0.3, 0.4) is 0 Å². The molecule has 5 nitrogen and oxygen atoms in total. The normalized spacial score (nSPS) is 18.0. The Balaban J connectivity index is 2.39. The largest absolute Gasteiger partial charge is 0.398 e. The Labute approximate surface area is 105 Å². The van der Waals surface area contributed by atoms with Gasteiger partial charge in [0.2, 0.25) is 10.0 Å². The second kappa shape index (κ2) is 4.13. The molecule has 2 rings (SSSR count). The van der Waals surface area contributed by atoms with Gasteiger partial charge in [0.25, 0.3) is 0 Å². The molecule has 1 aromatic rings. The van der Waals surface area contributed by atoms with Crippen molar-refractivity contribution in [3.05, 3.63) is 23.2 Å². The molecular formula is C10H13ClN2O3S. The van der Waals surface area contributed by atoms with E-state index < -0.39 is 15.6 Å². The molecule has 0 amide bonds. The predicted octanol–water partition coefficient (Wildman–Crippen LogP) is 0.725. The summed E-state index contributed by atoms with van der Waals surface area (Å²) in [6.45, 7) is -0.226. The van der Waals surface area contributed by atoms with Crippen LogP contribution >= 0.6 is 11.6 Å².